The zero-order valence-corrected chi connectivity index (χ0v) is 17.4. The van der Waals surface area contributed by atoms with Gasteiger partial charge in [0.25, 0.3) is 5.91 Å². The largest absolute Gasteiger partial charge is 0.454 e. The Bertz CT molecular complexity index is 1240. The topological polar surface area (TPSA) is 86.5 Å². The van der Waals surface area contributed by atoms with E-state index >= 15 is 0 Å². The van der Waals surface area contributed by atoms with E-state index in [1.807, 2.05) is 67.6 Å². The van der Waals surface area contributed by atoms with Crippen LogP contribution < -0.4 is 14.8 Å². The maximum absolute atomic E-state index is 12.9. The van der Waals surface area contributed by atoms with Gasteiger partial charge in [-0.3, -0.25) is 4.79 Å². The molecule has 5 rings (SSSR count). The summed E-state index contributed by atoms with van der Waals surface area (Å²) >= 11 is 0. The van der Waals surface area contributed by atoms with Crippen LogP contribution in [0, 0.1) is 6.92 Å². The highest BCUT2D eigenvalue weighted by molar-refractivity contribution is 5.94. The Morgan fingerprint density at radius 1 is 1.00 bits per heavy atom. The zero-order chi connectivity index (χ0) is 21.9. The average Bonchev–Trinajstić information content (AvgIpc) is 3.49. The van der Waals surface area contributed by atoms with Crippen molar-refractivity contribution in [2.24, 2.45) is 0 Å². The number of rotatable bonds is 6. The minimum atomic E-state index is -0.485. The molecule has 32 heavy (non-hydrogen) atoms. The Kier molecular flexibility index (Phi) is 5.29. The first kappa shape index (κ1) is 19.8. The molecule has 0 saturated carbocycles. The number of carbonyl (C=O) groups is 1. The predicted octanol–water partition coefficient (Wildman–Crippen LogP) is 4.49. The molecule has 1 amide bonds. The molecule has 7 heteroatoms. The third-order valence-corrected chi connectivity index (χ3v) is 5.27. The molecule has 0 fully saturated rings. The van der Waals surface area contributed by atoms with Crippen LogP contribution in [0.3, 0.4) is 0 Å². The summed E-state index contributed by atoms with van der Waals surface area (Å²) in [7, 11) is 0. The average molecular weight is 427 g/mol. The van der Waals surface area contributed by atoms with Gasteiger partial charge in [0.2, 0.25) is 18.5 Å². The van der Waals surface area contributed by atoms with Crippen molar-refractivity contribution in [3.05, 3.63) is 95.4 Å². The Morgan fingerprint density at radius 2 is 1.78 bits per heavy atom. The molecule has 4 aromatic rings. The molecule has 1 aromatic heterocycles. The summed E-state index contributed by atoms with van der Waals surface area (Å²) in [5, 5.41) is 7.18. The van der Waals surface area contributed by atoms with Crippen LogP contribution in [-0.4, -0.2) is 22.8 Å². The molecule has 1 aliphatic rings. The van der Waals surface area contributed by atoms with Crippen LogP contribution in [-0.2, 0) is 6.42 Å². The third kappa shape index (κ3) is 4.18. The maximum Gasteiger partial charge on any atom is 0.251 e. The van der Waals surface area contributed by atoms with Crippen LogP contribution in [0.5, 0.6) is 11.5 Å². The standard InChI is InChI=1S/C25H21N3O4/c1-16-7-9-18(10-8-16)24(29)26-20(13-17-5-3-2-4-6-17)25-27-23(28-32-25)19-11-12-21-22(14-19)31-15-30-21/h2-12,14,20H,13,15H2,1H3,(H,26,29)/t20-/m0/s1. The van der Waals surface area contributed by atoms with Gasteiger partial charge in [0.1, 0.15) is 6.04 Å². The molecule has 0 aliphatic carbocycles. The number of aromatic nitrogens is 2. The summed E-state index contributed by atoms with van der Waals surface area (Å²) in [6.45, 7) is 2.18. The summed E-state index contributed by atoms with van der Waals surface area (Å²) in [6.07, 6.45) is 0.515. The van der Waals surface area contributed by atoms with Gasteiger partial charge in [-0.2, -0.15) is 4.98 Å². The highest BCUT2D eigenvalue weighted by atomic mass is 16.7. The molecule has 160 valence electrons. The van der Waals surface area contributed by atoms with Gasteiger partial charge in [0.15, 0.2) is 11.5 Å². The molecule has 1 aliphatic heterocycles. The van der Waals surface area contributed by atoms with E-state index in [1.54, 1.807) is 12.1 Å². The van der Waals surface area contributed by atoms with Crippen molar-refractivity contribution in [3.63, 3.8) is 0 Å². The van der Waals surface area contributed by atoms with E-state index in [0.717, 1.165) is 16.7 Å². The summed E-state index contributed by atoms with van der Waals surface area (Å²) in [5.41, 5.74) is 3.45. The van der Waals surface area contributed by atoms with Crippen molar-refractivity contribution < 1.29 is 18.8 Å². The molecule has 0 saturated heterocycles. The van der Waals surface area contributed by atoms with E-state index in [2.05, 4.69) is 15.5 Å². The normalized spacial score (nSPS) is 13.0. The SMILES string of the molecule is Cc1ccc(C(=O)N[C@@H](Cc2ccccc2)c2nc(-c3ccc4c(c3)OCO4)no2)cc1. The summed E-state index contributed by atoms with van der Waals surface area (Å²) in [6, 6.07) is 22.3. The fourth-order valence-electron chi connectivity index (χ4n) is 3.53. The molecule has 0 unspecified atom stereocenters. The van der Waals surface area contributed by atoms with Gasteiger partial charge in [-0.15, -0.1) is 0 Å². The zero-order valence-electron chi connectivity index (χ0n) is 17.4. The van der Waals surface area contributed by atoms with E-state index < -0.39 is 6.04 Å². The Hall–Kier alpha value is -4.13. The van der Waals surface area contributed by atoms with Crippen molar-refractivity contribution in [1.29, 1.82) is 0 Å². The summed E-state index contributed by atoms with van der Waals surface area (Å²) in [4.78, 5) is 17.5. The minimum absolute atomic E-state index is 0.195. The third-order valence-electron chi connectivity index (χ3n) is 5.27. The summed E-state index contributed by atoms with van der Waals surface area (Å²) in [5.74, 6) is 1.88. The van der Waals surface area contributed by atoms with Crippen LogP contribution in [0.1, 0.15) is 33.4 Å². The first-order valence-electron chi connectivity index (χ1n) is 10.3. The molecule has 3 aromatic carbocycles. The van der Waals surface area contributed by atoms with Crippen LogP contribution in [0.25, 0.3) is 11.4 Å². The van der Waals surface area contributed by atoms with Crippen LogP contribution in [0.2, 0.25) is 0 Å². The number of ether oxygens (including phenoxy) is 2. The molecule has 0 bridgehead atoms. The Labute approximate surface area is 185 Å². The smallest absolute Gasteiger partial charge is 0.251 e. The van der Waals surface area contributed by atoms with Gasteiger partial charge >= 0.3 is 0 Å². The van der Waals surface area contributed by atoms with Crippen molar-refractivity contribution in [1.82, 2.24) is 15.5 Å². The van der Waals surface area contributed by atoms with Crippen molar-refractivity contribution >= 4 is 5.91 Å². The van der Waals surface area contributed by atoms with E-state index in [4.69, 9.17) is 14.0 Å². The van der Waals surface area contributed by atoms with E-state index in [0.29, 0.717) is 35.2 Å². The molecule has 0 spiro atoms. The lowest BCUT2D eigenvalue weighted by atomic mass is 10.0. The first-order valence-corrected chi connectivity index (χ1v) is 10.3. The summed E-state index contributed by atoms with van der Waals surface area (Å²) < 4.78 is 16.4. The molecule has 0 radical (unpaired) electrons. The van der Waals surface area contributed by atoms with Gasteiger partial charge in [0, 0.05) is 17.5 Å². The van der Waals surface area contributed by atoms with Crippen LogP contribution in [0.15, 0.2) is 77.3 Å². The number of fused-ring (bicyclic) bond motifs is 1. The second kappa shape index (κ2) is 8.55. The highest BCUT2D eigenvalue weighted by Gasteiger charge is 2.24. The van der Waals surface area contributed by atoms with Crippen molar-refractivity contribution in [2.75, 3.05) is 6.79 Å². The number of amides is 1. The number of carbonyl (C=O) groups excluding carboxylic acids is 1. The van der Waals surface area contributed by atoms with E-state index in [1.165, 1.54) is 0 Å². The predicted molar refractivity (Wildman–Crippen MR) is 117 cm³/mol. The van der Waals surface area contributed by atoms with E-state index in [9.17, 15) is 4.79 Å². The number of benzene rings is 3. The molecular weight excluding hydrogens is 406 g/mol. The monoisotopic (exact) mass is 427 g/mol. The molecular formula is C25H21N3O4. The first-order chi connectivity index (χ1) is 15.7. The number of nitrogens with one attached hydrogen (secondary N) is 1. The maximum atomic E-state index is 12.9. The van der Waals surface area contributed by atoms with Crippen LogP contribution in [0.4, 0.5) is 0 Å². The van der Waals surface area contributed by atoms with Gasteiger partial charge in [-0.25, -0.2) is 0 Å². The minimum Gasteiger partial charge on any atom is -0.454 e. The molecule has 1 atom stereocenters. The van der Waals surface area contributed by atoms with E-state index in [-0.39, 0.29) is 12.7 Å². The van der Waals surface area contributed by atoms with Gasteiger partial charge < -0.3 is 19.3 Å². The lowest BCUT2D eigenvalue weighted by Gasteiger charge is -2.15. The Balaban J connectivity index is 1.42. The lowest BCUT2D eigenvalue weighted by Crippen LogP contribution is -2.30. The Morgan fingerprint density at radius 3 is 2.59 bits per heavy atom. The second-order valence-electron chi connectivity index (χ2n) is 7.61. The quantitative estimate of drug-likeness (QED) is 0.488. The molecule has 7 nitrogen and oxygen atoms in total. The van der Waals surface area contributed by atoms with Gasteiger partial charge in [-0.1, -0.05) is 53.2 Å². The molecule has 2 heterocycles. The van der Waals surface area contributed by atoms with Crippen molar-refractivity contribution in [2.45, 2.75) is 19.4 Å². The fourth-order valence-corrected chi connectivity index (χ4v) is 3.53. The number of aryl methyl sites for hydroxylation is 1. The number of nitrogens with zero attached hydrogens (tertiary/aromatic N) is 2. The van der Waals surface area contributed by atoms with Gasteiger partial charge in [-0.05, 0) is 42.8 Å². The van der Waals surface area contributed by atoms with Crippen molar-refractivity contribution in [3.8, 4) is 22.9 Å². The highest BCUT2D eigenvalue weighted by Crippen LogP contribution is 2.35. The fraction of sp³-hybridized carbons (Fsp3) is 0.160. The second-order valence-corrected chi connectivity index (χ2v) is 7.61. The van der Waals surface area contributed by atoms with Crippen LogP contribution >= 0.6 is 0 Å². The number of hydrogen-bond donors (Lipinski definition) is 1. The lowest BCUT2D eigenvalue weighted by molar-refractivity contribution is 0.0928. The molecule has 1 N–H and O–H groups in total. The van der Waals surface area contributed by atoms with Gasteiger partial charge in [0.05, 0.1) is 0 Å². The number of hydrogen-bond acceptors (Lipinski definition) is 6.